The van der Waals surface area contributed by atoms with Crippen LogP contribution in [0.2, 0.25) is 0 Å². The van der Waals surface area contributed by atoms with E-state index in [0.717, 1.165) is 22.6 Å². The third-order valence-corrected chi connectivity index (χ3v) is 7.33. The Bertz CT molecular complexity index is 1680. The molecule has 2 nitrogen and oxygen atoms in total. The van der Waals surface area contributed by atoms with Gasteiger partial charge in [-0.15, -0.1) is 11.3 Å². The third-order valence-electron chi connectivity index (χ3n) is 6.22. The maximum Gasteiger partial charge on any atom is 0.0787 e. The molecule has 0 aliphatic heterocycles. The Morgan fingerprint density at radius 1 is 0.531 bits per heavy atom. The number of benzene rings is 5. The van der Waals surface area contributed by atoms with Gasteiger partial charge in [-0.1, -0.05) is 54.6 Å². The molecule has 3 heteroatoms. The fourth-order valence-corrected chi connectivity index (χ4v) is 6.10. The molecule has 0 saturated carbocycles. The fourth-order valence-electron chi connectivity index (χ4n) is 4.91. The molecule has 0 N–H and O–H groups in total. The molecule has 0 amide bonds. The molecule has 0 atom stereocenters. The lowest BCUT2D eigenvalue weighted by molar-refractivity contribution is 1.29. The average Bonchev–Trinajstić information content (AvgIpc) is 3.24. The van der Waals surface area contributed by atoms with Gasteiger partial charge in [0, 0.05) is 54.2 Å². The van der Waals surface area contributed by atoms with Crippen molar-refractivity contribution in [2.45, 2.75) is 0 Å². The summed E-state index contributed by atoms with van der Waals surface area (Å²) in [4.78, 5) is 7.13. The SMILES string of the molecule is c1ccc(N(c2ccccc2)c2cc3sc4cccc5c6ncccc6c(c2)c3c45)cc1. The van der Waals surface area contributed by atoms with Crippen LogP contribution in [-0.2, 0) is 0 Å². The van der Waals surface area contributed by atoms with Crippen molar-refractivity contribution >= 4 is 70.2 Å². The largest absolute Gasteiger partial charge is 0.310 e. The van der Waals surface area contributed by atoms with Crippen molar-refractivity contribution in [1.82, 2.24) is 4.98 Å². The number of anilines is 3. The summed E-state index contributed by atoms with van der Waals surface area (Å²) in [5.74, 6) is 0. The summed E-state index contributed by atoms with van der Waals surface area (Å²) < 4.78 is 2.63. The smallest absolute Gasteiger partial charge is 0.0787 e. The van der Waals surface area contributed by atoms with E-state index in [-0.39, 0.29) is 0 Å². The summed E-state index contributed by atoms with van der Waals surface area (Å²) in [7, 11) is 0. The first-order chi connectivity index (χ1) is 15.9. The zero-order valence-corrected chi connectivity index (χ0v) is 18.0. The highest BCUT2D eigenvalue weighted by molar-refractivity contribution is 7.26. The first-order valence-corrected chi connectivity index (χ1v) is 11.6. The maximum atomic E-state index is 4.79. The number of nitrogens with zero attached hydrogens (tertiary/aromatic N) is 2. The van der Waals surface area contributed by atoms with Gasteiger partial charge in [0.05, 0.1) is 5.52 Å². The second-order valence-electron chi connectivity index (χ2n) is 8.05. The Balaban J connectivity index is 1.63. The number of hydrogen-bond donors (Lipinski definition) is 0. The molecule has 0 radical (unpaired) electrons. The van der Waals surface area contributed by atoms with E-state index in [2.05, 4.69) is 102 Å². The van der Waals surface area contributed by atoms with Crippen molar-refractivity contribution in [2.24, 2.45) is 0 Å². The number of aromatic nitrogens is 1. The lowest BCUT2D eigenvalue weighted by Crippen LogP contribution is -2.09. The normalized spacial score (nSPS) is 11.8. The van der Waals surface area contributed by atoms with Gasteiger partial charge < -0.3 is 4.90 Å². The molecular weight excluding hydrogens is 408 g/mol. The molecule has 2 aromatic heterocycles. The van der Waals surface area contributed by atoms with Crippen LogP contribution >= 0.6 is 11.3 Å². The molecule has 0 unspecified atom stereocenters. The van der Waals surface area contributed by atoms with Crippen LogP contribution in [0.15, 0.2) is 109 Å². The van der Waals surface area contributed by atoms with E-state index in [0.29, 0.717) is 0 Å². The van der Waals surface area contributed by atoms with Gasteiger partial charge in [-0.2, -0.15) is 0 Å². The molecule has 2 heterocycles. The van der Waals surface area contributed by atoms with Crippen molar-refractivity contribution < 1.29 is 0 Å². The van der Waals surface area contributed by atoms with Crippen LogP contribution in [-0.4, -0.2) is 4.98 Å². The van der Waals surface area contributed by atoms with Gasteiger partial charge in [0.15, 0.2) is 0 Å². The number of rotatable bonds is 3. The summed E-state index contributed by atoms with van der Waals surface area (Å²) >= 11 is 1.87. The fraction of sp³-hybridized carbons (Fsp3) is 0. The Labute approximate surface area is 189 Å². The number of fused-ring (bicyclic) bond motifs is 3. The zero-order valence-electron chi connectivity index (χ0n) is 17.2. The summed E-state index contributed by atoms with van der Waals surface area (Å²) in [5.41, 5.74) is 4.53. The lowest BCUT2D eigenvalue weighted by atomic mass is 9.96. The molecule has 7 aromatic rings. The molecule has 0 saturated heterocycles. The van der Waals surface area contributed by atoms with Gasteiger partial charge in [-0.25, -0.2) is 0 Å². The quantitative estimate of drug-likeness (QED) is 0.263. The molecule has 32 heavy (non-hydrogen) atoms. The van der Waals surface area contributed by atoms with Crippen LogP contribution in [0.25, 0.3) is 41.8 Å². The minimum Gasteiger partial charge on any atom is -0.310 e. The Hall–Kier alpha value is -3.95. The lowest BCUT2D eigenvalue weighted by Gasteiger charge is -2.26. The van der Waals surface area contributed by atoms with Crippen molar-refractivity contribution in [1.29, 1.82) is 0 Å². The second kappa shape index (κ2) is 6.78. The topological polar surface area (TPSA) is 16.1 Å². The van der Waals surface area contributed by atoms with E-state index in [1.165, 1.54) is 36.3 Å². The highest BCUT2D eigenvalue weighted by atomic mass is 32.1. The van der Waals surface area contributed by atoms with E-state index in [1.807, 2.05) is 23.6 Å². The maximum absolute atomic E-state index is 4.79. The second-order valence-corrected chi connectivity index (χ2v) is 9.14. The van der Waals surface area contributed by atoms with E-state index < -0.39 is 0 Å². The van der Waals surface area contributed by atoms with Crippen LogP contribution in [0.5, 0.6) is 0 Å². The molecule has 0 aliphatic carbocycles. The summed E-state index contributed by atoms with van der Waals surface area (Å²) in [6, 6.07) is 36.7. The average molecular weight is 427 g/mol. The summed E-state index contributed by atoms with van der Waals surface area (Å²) in [6.07, 6.45) is 1.90. The number of thiophene rings is 1. The molecule has 0 bridgehead atoms. The van der Waals surface area contributed by atoms with Crippen LogP contribution in [0.1, 0.15) is 0 Å². The number of pyridine rings is 1. The van der Waals surface area contributed by atoms with Crippen LogP contribution < -0.4 is 4.90 Å². The van der Waals surface area contributed by atoms with Crippen LogP contribution in [0.3, 0.4) is 0 Å². The molecule has 0 spiro atoms. The van der Waals surface area contributed by atoms with E-state index in [9.17, 15) is 0 Å². The monoisotopic (exact) mass is 426 g/mol. The first kappa shape index (κ1) is 17.7. The Kier molecular flexibility index (Phi) is 3.75. The third kappa shape index (κ3) is 2.49. The van der Waals surface area contributed by atoms with Gasteiger partial charge in [0.25, 0.3) is 0 Å². The molecule has 7 rings (SSSR count). The predicted molar refractivity (Wildman–Crippen MR) is 138 cm³/mol. The summed E-state index contributed by atoms with van der Waals surface area (Å²) in [6.45, 7) is 0. The van der Waals surface area contributed by atoms with Gasteiger partial charge in [0.2, 0.25) is 0 Å². The van der Waals surface area contributed by atoms with Crippen LogP contribution in [0.4, 0.5) is 17.1 Å². The summed E-state index contributed by atoms with van der Waals surface area (Å²) in [5, 5.41) is 6.41. The number of para-hydroxylation sites is 2. The molecule has 5 aromatic carbocycles. The molecule has 0 aliphatic rings. The van der Waals surface area contributed by atoms with E-state index in [4.69, 9.17) is 4.98 Å². The first-order valence-electron chi connectivity index (χ1n) is 10.7. The zero-order chi connectivity index (χ0) is 21.1. The molecule has 0 fully saturated rings. The highest BCUT2D eigenvalue weighted by Crippen LogP contribution is 2.47. The Morgan fingerprint density at radius 3 is 1.97 bits per heavy atom. The van der Waals surface area contributed by atoms with Gasteiger partial charge in [0.1, 0.15) is 0 Å². The van der Waals surface area contributed by atoms with Crippen molar-refractivity contribution in [3.8, 4) is 0 Å². The highest BCUT2D eigenvalue weighted by Gasteiger charge is 2.20. The van der Waals surface area contributed by atoms with Crippen LogP contribution in [0, 0.1) is 0 Å². The molecule has 150 valence electrons. The van der Waals surface area contributed by atoms with Crippen molar-refractivity contribution in [3.05, 3.63) is 109 Å². The number of hydrogen-bond acceptors (Lipinski definition) is 3. The minimum absolute atomic E-state index is 1.08. The predicted octanol–water partition coefficient (Wildman–Crippen LogP) is 8.66. The van der Waals surface area contributed by atoms with Gasteiger partial charge in [-0.3, -0.25) is 4.98 Å². The molecular formula is C29H18N2S. The van der Waals surface area contributed by atoms with Gasteiger partial charge >= 0.3 is 0 Å². The van der Waals surface area contributed by atoms with Crippen molar-refractivity contribution in [3.63, 3.8) is 0 Å². The standard InChI is InChI=1S/C29H18N2S/c1-3-9-19(10-4-1)31(20-11-5-2-6-12-20)21-17-24-22-14-8-16-30-29(22)23-13-7-15-25-27(23)28(24)26(18-21)32-25/h1-18H. The van der Waals surface area contributed by atoms with Gasteiger partial charge in [-0.05, 0) is 53.9 Å². The van der Waals surface area contributed by atoms with Crippen molar-refractivity contribution in [2.75, 3.05) is 4.90 Å². The Morgan fingerprint density at radius 2 is 1.22 bits per heavy atom. The minimum atomic E-state index is 1.08. The van der Waals surface area contributed by atoms with E-state index in [1.54, 1.807) is 0 Å². The van der Waals surface area contributed by atoms with E-state index >= 15 is 0 Å².